The highest BCUT2D eigenvalue weighted by Crippen LogP contribution is 2.32. The Balaban J connectivity index is 1.66. The van der Waals surface area contributed by atoms with Crippen LogP contribution in [0.4, 0.5) is 0 Å². The summed E-state index contributed by atoms with van der Waals surface area (Å²) in [5.74, 6) is -2.09. The van der Waals surface area contributed by atoms with Crippen LogP contribution in [0.3, 0.4) is 0 Å². The molecule has 152 valence electrons. The predicted octanol–water partition coefficient (Wildman–Crippen LogP) is 4.87. The van der Waals surface area contributed by atoms with Gasteiger partial charge in [-0.05, 0) is 54.5 Å². The highest BCUT2D eigenvalue weighted by atomic mass is 16.4. The third-order valence-electron chi connectivity index (χ3n) is 6.02. The van der Waals surface area contributed by atoms with Gasteiger partial charge in [0.15, 0.2) is 5.78 Å². The van der Waals surface area contributed by atoms with Gasteiger partial charge in [0.05, 0.1) is 18.4 Å². The van der Waals surface area contributed by atoms with Gasteiger partial charge in [0.25, 0.3) is 0 Å². The molecule has 5 nitrogen and oxygen atoms in total. The van der Waals surface area contributed by atoms with Crippen LogP contribution in [0.15, 0.2) is 48.7 Å². The first-order valence-electron chi connectivity index (χ1n) is 10.4. The van der Waals surface area contributed by atoms with E-state index >= 15 is 0 Å². The van der Waals surface area contributed by atoms with Crippen molar-refractivity contribution in [3.05, 3.63) is 70.9 Å². The van der Waals surface area contributed by atoms with E-state index in [2.05, 4.69) is 6.07 Å². The number of carbonyl (C=O) groups is 2. The molecular weight excluding hydrogens is 376 g/mol. The zero-order valence-electron chi connectivity index (χ0n) is 16.8. The lowest BCUT2D eigenvalue weighted by atomic mass is 9.87. The standard InChI is InChI=1S/C25H24N2O3/c26-12-5-13-27-16-22(20-8-3-4-9-23(20)27)21(25(29)30)15-24(28)19-11-10-17-6-1-2-7-18(17)14-19/h3-4,8-11,14,16,21H,1-2,5-7,13,15H2,(H,29,30)/t21-/m0/s1. The van der Waals surface area contributed by atoms with Crippen LogP contribution in [0.5, 0.6) is 0 Å². The van der Waals surface area contributed by atoms with Crippen LogP contribution < -0.4 is 0 Å². The van der Waals surface area contributed by atoms with Crippen LogP contribution in [0.2, 0.25) is 0 Å². The molecule has 0 spiro atoms. The summed E-state index contributed by atoms with van der Waals surface area (Å²) in [6.45, 7) is 0.488. The molecule has 1 aromatic heterocycles. The molecule has 1 aliphatic carbocycles. The van der Waals surface area contributed by atoms with Gasteiger partial charge in [-0.2, -0.15) is 5.26 Å². The number of carboxylic acid groups (broad SMARTS) is 1. The summed E-state index contributed by atoms with van der Waals surface area (Å²) in [6.07, 6.45) is 6.38. The molecule has 0 fully saturated rings. The zero-order valence-corrected chi connectivity index (χ0v) is 16.8. The van der Waals surface area contributed by atoms with E-state index < -0.39 is 11.9 Å². The molecule has 0 saturated carbocycles. The zero-order chi connectivity index (χ0) is 21.1. The number of hydrogen-bond donors (Lipinski definition) is 1. The van der Waals surface area contributed by atoms with Crippen molar-refractivity contribution in [3.63, 3.8) is 0 Å². The lowest BCUT2D eigenvalue weighted by Crippen LogP contribution is -2.17. The number of aryl methyl sites for hydroxylation is 3. The summed E-state index contributed by atoms with van der Waals surface area (Å²) < 4.78 is 1.91. The largest absolute Gasteiger partial charge is 0.481 e. The summed E-state index contributed by atoms with van der Waals surface area (Å²) in [5, 5.41) is 19.7. The van der Waals surface area contributed by atoms with E-state index in [1.54, 1.807) is 6.20 Å². The van der Waals surface area contributed by atoms with Gasteiger partial charge in [-0.1, -0.05) is 30.3 Å². The maximum atomic E-state index is 13.0. The first-order valence-corrected chi connectivity index (χ1v) is 10.4. The minimum Gasteiger partial charge on any atom is -0.481 e. The maximum Gasteiger partial charge on any atom is 0.311 e. The molecule has 0 saturated heterocycles. The second kappa shape index (κ2) is 8.54. The third kappa shape index (κ3) is 3.86. The smallest absolute Gasteiger partial charge is 0.311 e. The quantitative estimate of drug-likeness (QED) is 0.573. The third-order valence-corrected chi connectivity index (χ3v) is 6.02. The first kappa shape index (κ1) is 19.9. The molecule has 1 heterocycles. The first-order chi connectivity index (χ1) is 14.6. The topological polar surface area (TPSA) is 83.1 Å². The fourth-order valence-electron chi connectivity index (χ4n) is 4.45. The second-order valence-electron chi connectivity index (χ2n) is 7.91. The average molecular weight is 400 g/mol. The fourth-order valence-corrected chi connectivity index (χ4v) is 4.45. The Kier molecular flexibility index (Phi) is 5.67. The van der Waals surface area contributed by atoms with Gasteiger partial charge < -0.3 is 9.67 Å². The van der Waals surface area contributed by atoms with Crippen molar-refractivity contribution in [2.24, 2.45) is 0 Å². The van der Waals surface area contributed by atoms with Crippen molar-refractivity contribution in [1.82, 2.24) is 4.57 Å². The number of Topliss-reactive ketones (excluding diaryl/α,β-unsaturated/α-hetero) is 1. The molecule has 1 atom stereocenters. The fraction of sp³-hybridized carbons (Fsp3) is 0.320. The summed E-state index contributed by atoms with van der Waals surface area (Å²) >= 11 is 0. The van der Waals surface area contributed by atoms with Crippen molar-refractivity contribution >= 4 is 22.7 Å². The number of aromatic nitrogens is 1. The number of hydrogen-bond acceptors (Lipinski definition) is 3. The van der Waals surface area contributed by atoms with Crippen molar-refractivity contribution < 1.29 is 14.7 Å². The molecule has 3 aromatic rings. The molecule has 0 aliphatic heterocycles. The minimum atomic E-state index is -1.01. The van der Waals surface area contributed by atoms with E-state index in [9.17, 15) is 14.7 Å². The normalized spacial score (nSPS) is 14.1. The van der Waals surface area contributed by atoms with E-state index in [0.717, 1.165) is 30.2 Å². The Hall–Kier alpha value is -3.39. The van der Waals surface area contributed by atoms with Crippen LogP contribution in [0, 0.1) is 11.3 Å². The SMILES string of the molecule is N#CCCn1cc([C@H](CC(=O)c2ccc3c(c2)CCCC3)C(=O)O)c2ccccc21. The summed E-state index contributed by atoms with van der Waals surface area (Å²) in [5.41, 5.74) is 4.62. The maximum absolute atomic E-state index is 13.0. The number of fused-ring (bicyclic) bond motifs is 2. The number of nitriles is 1. The lowest BCUT2D eigenvalue weighted by molar-refractivity contribution is -0.138. The van der Waals surface area contributed by atoms with Gasteiger partial charge in [-0.3, -0.25) is 9.59 Å². The van der Waals surface area contributed by atoms with Crippen molar-refractivity contribution in [3.8, 4) is 6.07 Å². The molecule has 0 bridgehead atoms. The number of rotatable bonds is 7. The van der Waals surface area contributed by atoms with Crippen molar-refractivity contribution in [2.45, 2.75) is 51.0 Å². The summed E-state index contributed by atoms with van der Waals surface area (Å²) in [6, 6.07) is 15.5. The molecular formula is C25H24N2O3. The number of para-hydroxylation sites is 1. The van der Waals surface area contributed by atoms with Gasteiger partial charge >= 0.3 is 5.97 Å². The number of aliphatic carboxylic acids is 1. The van der Waals surface area contributed by atoms with Crippen LogP contribution in [0.25, 0.3) is 10.9 Å². The van der Waals surface area contributed by atoms with Gasteiger partial charge in [-0.15, -0.1) is 0 Å². The average Bonchev–Trinajstić information content (AvgIpc) is 3.13. The van der Waals surface area contributed by atoms with E-state index in [4.69, 9.17) is 5.26 Å². The Bertz CT molecular complexity index is 1150. The van der Waals surface area contributed by atoms with Crippen molar-refractivity contribution in [2.75, 3.05) is 0 Å². The highest BCUT2D eigenvalue weighted by molar-refractivity contribution is 6.00. The van der Waals surface area contributed by atoms with Crippen LogP contribution in [-0.4, -0.2) is 21.4 Å². The van der Waals surface area contributed by atoms with E-state index in [1.807, 2.05) is 47.0 Å². The summed E-state index contributed by atoms with van der Waals surface area (Å²) in [4.78, 5) is 25.2. The van der Waals surface area contributed by atoms with Crippen LogP contribution in [-0.2, 0) is 24.2 Å². The molecule has 4 rings (SSSR count). The van der Waals surface area contributed by atoms with E-state index in [-0.39, 0.29) is 12.2 Å². The Morgan fingerprint density at radius 2 is 1.87 bits per heavy atom. The molecule has 5 heteroatoms. The lowest BCUT2D eigenvalue weighted by Gasteiger charge is -2.17. The van der Waals surface area contributed by atoms with E-state index in [1.165, 1.54) is 17.5 Å². The van der Waals surface area contributed by atoms with Gasteiger partial charge in [-0.25, -0.2) is 0 Å². The summed E-state index contributed by atoms with van der Waals surface area (Å²) in [7, 11) is 0. The predicted molar refractivity (Wildman–Crippen MR) is 115 cm³/mol. The number of benzene rings is 2. The van der Waals surface area contributed by atoms with Crippen LogP contribution in [0.1, 0.15) is 58.6 Å². The van der Waals surface area contributed by atoms with Gasteiger partial charge in [0.2, 0.25) is 0 Å². The monoisotopic (exact) mass is 400 g/mol. The van der Waals surface area contributed by atoms with E-state index in [0.29, 0.717) is 24.1 Å². The van der Waals surface area contributed by atoms with Gasteiger partial charge in [0, 0.05) is 35.6 Å². The number of carbonyl (C=O) groups excluding carboxylic acids is 1. The molecule has 1 aliphatic rings. The number of ketones is 1. The molecule has 30 heavy (non-hydrogen) atoms. The molecule has 0 radical (unpaired) electrons. The number of carboxylic acids is 1. The van der Waals surface area contributed by atoms with Crippen molar-refractivity contribution in [1.29, 1.82) is 5.26 Å². The Morgan fingerprint density at radius 3 is 2.63 bits per heavy atom. The number of nitrogens with zero attached hydrogens (tertiary/aromatic N) is 2. The van der Waals surface area contributed by atoms with Gasteiger partial charge in [0.1, 0.15) is 0 Å². The highest BCUT2D eigenvalue weighted by Gasteiger charge is 2.27. The molecule has 0 amide bonds. The van der Waals surface area contributed by atoms with Crippen LogP contribution >= 0.6 is 0 Å². The molecule has 0 unspecified atom stereocenters. The molecule has 1 N–H and O–H groups in total. The molecule has 2 aromatic carbocycles. The minimum absolute atomic E-state index is 0.0830. The Labute approximate surface area is 175 Å². The second-order valence-corrected chi connectivity index (χ2v) is 7.91. The Morgan fingerprint density at radius 1 is 1.10 bits per heavy atom.